The van der Waals surface area contributed by atoms with Crippen LogP contribution in [0.4, 0.5) is 5.69 Å². The summed E-state index contributed by atoms with van der Waals surface area (Å²) >= 11 is 5.90. The fourth-order valence-electron chi connectivity index (χ4n) is 3.50. The first-order valence-electron chi connectivity index (χ1n) is 10.3. The zero-order valence-electron chi connectivity index (χ0n) is 17.7. The predicted octanol–water partition coefficient (Wildman–Crippen LogP) is 2.89. The van der Waals surface area contributed by atoms with E-state index in [1.54, 1.807) is 36.4 Å². The summed E-state index contributed by atoms with van der Waals surface area (Å²) in [6, 6.07) is 13.0. The number of nitrogens with one attached hydrogen (secondary N) is 2. The zero-order valence-corrected chi connectivity index (χ0v) is 19.3. The molecular formula is C22H26ClN3O5S. The van der Waals surface area contributed by atoms with Crippen molar-refractivity contribution < 1.29 is 22.7 Å². The van der Waals surface area contributed by atoms with Gasteiger partial charge in [-0.25, -0.2) is 8.42 Å². The van der Waals surface area contributed by atoms with Crippen molar-refractivity contribution in [2.75, 3.05) is 32.1 Å². The maximum Gasteiger partial charge on any atom is 0.243 e. The van der Waals surface area contributed by atoms with Gasteiger partial charge in [0.15, 0.2) is 0 Å². The zero-order chi connectivity index (χ0) is 23.1. The van der Waals surface area contributed by atoms with Crippen LogP contribution in [0.5, 0.6) is 5.75 Å². The first kappa shape index (κ1) is 24.0. The number of carbonyl (C=O) groups is 2. The van der Waals surface area contributed by atoms with E-state index in [2.05, 4.69) is 10.6 Å². The second-order valence-corrected chi connectivity index (χ2v) is 9.85. The lowest BCUT2D eigenvalue weighted by molar-refractivity contribution is -0.126. The number of carbonyl (C=O) groups excluding carboxylic acids is 2. The molecule has 0 aromatic heterocycles. The van der Waals surface area contributed by atoms with Crippen LogP contribution >= 0.6 is 11.6 Å². The number of ether oxygens (including phenoxy) is 1. The fraction of sp³-hybridized carbons (Fsp3) is 0.364. The summed E-state index contributed by atoms with van der Waals surface area (Å²) in [6.45, 7) is 0.627. The highest BCUT2D eigenvalue weighted by Gasteiger charge is 2.33. The average molecular weight is 480 g/mol. The Balaban J connectivity index is 1.50. The minimum absolute atomic E-state index is 0.0961. The summed E-state index contributed by atoms with van der Waals surface area (Å²) in [6.07, 6.45) is 1.27. The molecule has 2 aromatic rings. The van der Waals surface area contributed by atoms with E-state index < -0.39 is 15.9 Å². The number of piperidine rings is 1. The number of hydrogen-bond acceptors (Lipinski definition) is 5. The second-order valence-electron chi connectivity index (χ2n) is 7.48. The molecule has 0 aliphatic carbocycles. The lowest BCUT2D eigenvalue weighted by Gasteiger charge is -2.31. The monoisotopic (exact) mass is 479 g/mol. The Morgan fingerprint density at radius 3 is 2.62 bits per heavy atom. The number of hydrogen-bond donors (Lipinski definition) is 2. The van der Waals surface area contributed by atoms with Crippen LogP contribution in [0.2, 0.25) is 5.02 Å². The number of halogens is 1. The van der Waals surface area contributed by atoms with Gasteiger partial charge in [-0.3, -0.25) is 9.59 Å². The summed E-state index contributed by atoms with van der Waals surface area (Å²) in [5.41, 5.74) is 0.584. The summed E-state index contributed by atoms with van der Waals surface area (Å²) in [5.74, 6) is -0.401. The van der Waals surface area contributed by atoms with Crippen molar-refractivity contribution in [3.63, 3.8) is 0 Å². The van der Waals surface area contributed by atoms with Crippen molar-refractivity contribution >= 4 is 39.1 Å². The molecule has 32 heavy (non-hydrogen) atoms. The Labute approximate surface area is 192 Å². The molecule has 172 valence electrons. The number of rotatable bonds is 8. The van der Waals surface area contributed by atoms with Crippen LogP contribution in [0.15, 0.2) is 53.4 Å². The Morgan fingerprint density at radius 2 is 1.94 bits per heavy atom. The first-order chi connectivity index (χ1) is 15.3. The lowest BCUT2D eigenvalue weighted by Crippen LogP contribution is -2.45. The average Bonchev–Trinajstić information content (AvgIpc) is 2.79. The normalized spacial score (nSPS) is 16.9. The molecule has 1 heterocycles. The highest BCUT2D eigenvalue weighted by Crippen LogP contribution is 2.25. The molecule has 1 fully saturated rings. The molecule has 10 heteroatoms. The van der Waals surface area contributed by atoms with Crippen LogP contribution in [0.3, 0.4) is 0 Å². The Kier molecular flexibility index (Phi) is 8.11. The van der Waals surface area contributed by atoms with Crippen molar-refractivity contribution in [3.05, 3.63) is 53.6 Å². The molecule has 0 saturated carbocycles. The molecule has 8 nitrogen and oxygen atoms in total. The van der Waals surface area contributed by atoms with E-state index in [0.717, 1.165) is 0 Å². The highest BCUT2D eigenvalue weighted by atomic mass is 35.5. The van der Waals surface area contributed by atoms with Crippen LogP contribution < -0.4 is 15.4 Å². The van der Waals surface area contributed by atoms with Gasteiger partial charge in [0.05, 0.1) is 17.9 Å². The van der Waals surface area contributed by atoms with Crippen LogP contribution in [-0.2, 0) is 19.6 Å². The Hall–Kier alpha value is -2.62. The molecule has 2 amide bonds. The van der Waals surface area contributed by atoms with Crippen molar-refractivity contribution in [3.8, 4) is 5.75 Å². The van der Waals surface area contributed by atoms with Crippen LogP contribution in [0.25, 0.3) is 0 Å². The van der Waals surface area contributed by atoms with E-state index in [1.165, 1.54) is 23.5 Å². The van der Waals surface area contributed by atoms with Gasteiger partial charge in [-0.05, 0) is 55.3 Å². The molecule has 0 unspecified atom stereocenters. The second kappa shape index (κ2) is 10.8. The van der Waals surface area contributed by atoms with E-state index in [1.807, 2.05) is 0 Å². The van der Waals surface area contributed by atoms with E-state index in [0.29, 0.717) is 35.8 Å². The van der Waals surface area contributed by atoms with Crippen molar-refractivity contribution in [1.29, 1.82) is 0 Å². The number of methoxy groups -OCH3 is 1. The molecule has 1 aliphatic heterocycles. The molecule has 2 aromatic carbocycles. The Bertz CT molecular complexity index is 1060. The van der Waals surface area contributed by atoms with Crippen LogP contribution in [-0.4, -0.2) is 51.3 Å². The van der Waals surface area contributed by atoms with E-state index in [9.17, 15) is 18.0 Å². The smallest absolute Gasteiger partial charge is 0.243 e. The standard InChI is InChI=1S/C22H26ClN3O5S/c1-31-19-7-9-20(10-8-19)32(29,30)26-13-3-4-16(15-26)22(28)24-12-11-21(27)25-18-6-2-5-17(23)14-18/h2,5-10,14,16H,3-4,11-13,15H2,1H3,(H,24,28)(H,25,27)/t16-/m1/s1. The quantitative estimate of drug-likeness (QED) is 0.605. The minimum atomic E-state index is -3.70. The first-order valence-corrected chi connectivity index (χ1v) is 12.1. The maximum atomic E-state index is 12.9. The number of nitrogens with zero attached hydrogens (tertiary/aromatic N) is 1. The molecule has 0 spiro atoms. The summed E-state index contributed by atoms with van der Waals surface area (Å²) in [7, 11) is -2.19. The van der Waals surface area contributed by atoms with Gasteiger partial charge in [0.1, 0.15) is 5.75 Å². The molecule has 1 atom stereocenters. The lowest BCUT2D eigenvalue weighted by atomic mass is 9.99. The molecule has 2 N–H and O–H groups in total. The van der Waals surface area contributed by atoms with E-state index >= 15 is 0 Å². The third kappa shape index (κ3) is 6.21. The third-order valence-corrected chi connectivity index (χ3v) is 7.33. The van der Waals surface area contributed by atoms with Gasteiger partial charge in [-0.1, -0.05) is 17.7 Å². The van der Waals surface area contributed by atoms with Gasteiger partial charge in [0.25, 0.3) is 0 Å². The fourth-order valence-corrected chi connectivity index (χ4v) is 5.22. The summed E-state index contributed by atoms with van der Waals surface area (Å²) < 4.78 is 32.3. The topological polar surface area (TPSA) is 105 Å². The van der Waals surface area contributed by atoms with Gasteiger partial charge in [0, 0.05) is 36.8 Å². The summed E-state index contributed by atoms with van der Waals surface area (Å²) in [4.78, 5) is 24.8. The third-order valence-electron chi connectivity index (χ3n) is 5.21. The van der Waals surface area contributed by atoms with E-state index in [-0.39, 0.29) is 36.2 Å². The minimum Gasteiger partial charge on any atom is -0.497 e. The highest BCUT2D eigenvalue weighted by molar-refractivity contribution is 7.89. The maximum absolute atomic E-state index is 12.9. The number of benzene rings is 2. The van der Waals surface area contributed by atoms with Gasteiger partial charge in [0.2, 0.25) is 21.8 Å². The molecule has 0 radical (unpaired) electrons. The molecule has 1 saturated heterocycles. The van der Waals surface area contributed by atoms with Gasteiger partial charge >= 0.3 is 0 Å². The summed E-state index contributed by atoms with van der Waals surface area (Å²) in [5, 5.41) is 5.98. The SMILES string of the molecule is COc1ccc(S(=O)(=O)N2CCC[C@@H](C(=O)NCCC(=O)Nc3cccc(Cl)c3)C2)cc1. The predicted molar refractivity (Wildman–Crippen MR) is 122 cm³/mol. The largest absolute Gasteiger partial charge is 0.497 e. The van der Waals surface area contributed by atoms with Gasteiger partial charge < -0.3 is 15.4 Å². The van der Waals surface area contributed by atoms with Crippen molar-refractivity contribution in [1.82, 2.24) is 9.62 Å². The number of amides is 2. The molecular weight excluding hydrogens is 454 g/mol. The molecule has 3 rings (SSSR count). The molecule has 1 aliphatic rings. The number of sulfonamides is 1. The molecule has 0 bridgehead atoms. The van der Waals surface area contributed by atoms with Crippen LogP contribution in [0, 0.1) is 5.92 Å². The number of anilines is 1. The van der Waals surface area contributed by atoms with Gasteiger partial charge in [-0.2, -0.15) is 4.31 Å². The Morgan fingerprint density at radius 1 is 1.19 bits per heavy atom. The van der Waals surface area contributed by atoms with Crippen LogP contribution in [0.1, 0.15) is 19.3 Å². The van der Waals surface area contributed by atoms with Crippen molar-refractivity contribution in [2.45, 2.75) is 24.2 Å². The van der Waals surface area contributed by atoms with E-state index in [4.69, 9.17) is 16.3 Å². The van der Waals surface area contributed by atoms with Crippen molar-refractivity contribution in [2.24, 2.45) is 5.92 Å². The van der Waals surface area contributed by atoms with Gasteiger partial charge in [-0.15, -0.1) is 0 Å².